The molecule has 0 aliphatic rings. The van der Waals surface area contributed by atoms with Crippen molar-refractivity contribution < 1.29 is 19.4 Å². The molecule has 0 aliphatic heterocycles. The summed E-state index contributed by atoms with van der Waals surface area (Å²) in [4.78, 5) is 18.3. The molecule has 0 spiro atoms. The molecule has 0 amide bonds. The zero-order valence-electron chi connectivity index (χ0n) is 6.16. The van der Waals surface area contributed by atoms with E-state index >= 15 is 0 Å². The second-order valence-corrected chi connectivity index (χ2v) is 1.49. The molecule has 0 aliphatic carbocycles. The maximum absolute atomic E-state index is 9.34. The summed E-state index contributed by atoms with van der Waals surface area (Å²) in [7, 11) is 0. The third kappa shape index (κ3) is 65.1. The summed E-state index contributed by atoms with van der Waals surface area (Å²) in [5, 5.41) is 7.42. The standard InChI is InChI=1S/C4H8O2.C2H4O2/c1-2-3-6-4-5;1-2(3)4/h4H,2-3H2,1H3;1H3,(H,3,4). The SMILES string of the molecule is CC(=O)O.CCCOC=O. The second kappa shape index (κ2) is 10.8. The summed E-state index contributed by atoms with van der Waals surface area (Å²) >= 11 is 0. The molecule has 1 N–H and O–H groups in total. The van der Waals surface area contributed by atoms with Crippen molar-refractivity contribution in [2.24, 2.45) is 0 Å². The molecule has 4 nitrogen and oxygen atoms in total. The number of carboxylic acid groups (broad SMARTS) is 1. The van der Waals surface area contributed by atoms with Gasteiger partial charge in [0.1, 0.15) is 0 Å². The van der Waals surface area contributed by atoms with Crippen molar-refractivity contribution in [1.29, 1.82) is 0 Å². The Bertz CT molecular complexity index is 85.7. The molecule has 0 aromatic carbocycles. The molecule has 0 radical (unpaired) electrons. The van der Waals surface area contributed by atoms with Gasteiger partial charge in [-0.15, -0.1) is 0 Å². The quantitative estimate of drug-likeness (QED) is 0.471. The lowest BCUT2D eigenvalue weighted by Gasteiger charge is -1.86. The van der Waals surface area contributed by atoms with Crippen molar-refractivity contribution >= 4 is 12.4 Å². The molecule has 10 heavy (non-hydrogen) atoms. The minimum absolute atomic E-state index is 0.462. The van der Waals surface area contributed by atoms with Gasteiger partial charge in [0.25, 0.3) is 12.4 Å². The minimum atomic E-state index is -0.833. The van der Waals surface area contributed by atoms with Crippen LogP contribution >= 0.6 is 0 Å². The summed E-state index contributed by atoms with van der Waals surface area (Å²) in [6.07, 6.45) is 0.902. The zero-order valence-corrected chi connectivity index (χ0v) is 6.16. The van der Waals surface area contributed by atoms with Crippen LogP contribution in [-0.4, -0.2) is 24.2 Å². The highest BCUT2D eigenvalue weighted by atomic mass is 16.5. The van der Waals surface area contributed by atoms with E-state index in [1.165, 1.54) is 0 Å². The Kier molecular flexibility index (Phi) is 12.7. The fourth-order valence-electron chi connectivity index (χ4n) is 0.166. The van der Waals surface area contributed by atoms with E-state index in [9.17, 15) is 4.79 Å². The summed E-state index contributed by atoms with van der Waals surface area (Å²) in [6, 6.07) is 0. The van der Waals surface area contributed by atoms with Crippen LogP contribution in [-0.2, 0) is 14.3 Å². The van der Waals surface area contributed by atoms with Gasteiger partial charge in [-0.1, -0.05) is 6.92 Å². The van der Waals surface area contributed by atoms with Crippen molar-refractivity contribution in [2.75, 3.05) is 6.61 Å². The second-order valence-electron chi connectivity index (χ2n) is 1.49. The first kappa shape index (κ1) is 11.7. The van der Waals surface area contributed by atoms with Gasteiger partial charge in [-0.3, -0.25) is 9.59 Å². The van der Waals surface area contributed by atoms with E-state index in [0.29, 0.717) is 13.1 Å². The van der Waals surface area contributed by atoms with E-state index in [0.717, 1.165) is 13.3 Å². The van der Waals surface area contributed by atoms with Crippen LogP contribution in [0.4, 0.5) is 0 Å². The highest BCUT2D eigenvalue weighted by Gasteiger charge is 1.71. The molecule has 0 aromatic heterocycles. The number of hydrogen-bond donors (Lipinski definition) is 1. The average molecular weight is 148 g/mol. The number of carbonyl (C=O) groups excluding carboxylic acids is 1. The Morgan fingerprint density at radius 3 is 2.20 bits per heavy atom. The molecule has 0 fully saturated rings. The highest BCUT2D eigenvalue weighted by Crippen LogP contribution is 1.71. The maximum atomic E-state index is 9.34. The monoisotopic (exact) mass is 148 g/mol. The van der Waals surface area contributed by atoms with Crippen LogP contribution in [0.1, 0.15) is 20.3 Å². The predicted molar refractivity (Wildman–Crippen MR) is 35.6 cm³/mol. The van der Waals surface area contributed by atoms with E-state index in [1.54, 1.807) is 0 Å². The van der Waals surface area contributed by atoms with E-state index in [2.05, 4.69) is 4.74 Å². The van der Waals surface area contributed by atoms with Gasteiger partial charge < -0.3 is 9.84 Å². The predicted octanol–water partition coefficient (Wildman–Crippen LogP) is 0.660. The number of carboxylic acids is 1. The fraction of sp³-hybridized carbons (Fsp3) is 0.667. The summed E-state index contributed by atoms with van der Waals surface area (Å²) in [5.41, 5.74) is 0. The largest absolute Gasteiger partial charge is 0.481 e. The van der Waals surface area contributed by atoms with Crippen LogP contribution in [0.25, 0.3) is 0 Å². The van der Waals surface area contributed by atoms with Crippen molar-refractivity contribution in [1.82, 2.24) is 0 Å². The molecule has 60 valence electrons. The topological polar surface area (TPSA) is 63.6 Å². The molecular formula is C6H12O4. The first-order valence-corrected chi connectivity index (χ1v) is 2.89. The molecule has 0 saturated heterocycles. The molecular weight excluding hydrogens is 136 g/mol. The van der Waals surface area contributed by atoms with Crippen molar-refractivity contribution in [3.8, 4) is 0 Å². The zero-order chi connectivity index (χ0) is 8.41. The Morgan fingerprint density at radius 1 is 1.70 bits per heavy atom. The molecule has 0 saturated carbocycles. The Hall–Kier alpha value is -1.06. The Morgan fingerprint density at radius 2 is 2.10 bits per heavy atom. The number of carbonyl (C=O) groups is 2. The van der Waals surface area contributed by atoms with Crippen LogP contribution in [0.5, 0.6) is 0 Å². The van der Waals surface area contributed by atoms with E-state index in [-0.39, 0.29) is 0 Å². The Labute approximate surface area is 59.8 Å². The molecule has 0 rings (SSSR count). The number of rotatable bonds is 3. The molecule has 0 unspecified atom stereocenters. The lowest BCUT2D eigenvalue weighted by atomic mass is 10.5. The van der Waals surface area contributed by atoms with Crippen LogP contribution in [0.2, 0.25) is 0 Å². The lowest BCUT2D eigenvalue weighted by molar-refractivity contribution is -0.134. The number of hydrogen-bond acceptors (Lipinski definition) is 3. The minimum Gasteiger partial charge on any atom is -0.481 e. The van der Waals surface area contributed by atoms with Crippen LogP contribution in [0.15, 0.2) is 0 Å². The molecule has 0 aromatic rings. The van der Waals surface area contributed by atoms with Crippen LogP contribution in [0, 0.1) is 0 Å². The van der Waals surface area contributed by atoms with Crippen LogP contribution < -0.4 is 0 Å². The highest BCUT2D eigenvalue weighted by molar-refractivity contribution is 5.62. The van der Waals surface area contributed by atoms with E-state index in [1.807, 2.05) is 6.92 Å². The fourth-order valence-corrected chi connectivity index (χ4v) is 0.166. The first-order valence-electron chi connectivity index (χ1n) is 2.89. The third-order valence-electron chi connectivity index (χ3n) is 0.390. The molecule has 0 bridgehead atoms. The van der Waals surface area contributed by atoms with Crippen molar-refractivity contribution in [3.63, 3.8) is 0 Å². The van der Waals surface area contributed by atoms with Gasteiger partial charge in [-0.25, -0.2) is 0 Å². The van der Waals surface area contributed by atoms with Gasteiger partial charge in [0.05, 0.1) is 6.61 Å². The summed E-state index contributed by atoms with van der Waals surface area (Å²) in [5.74, 6) is -0.833. The van der Waals surface area contributed by atoms with Gasteiger partial charge in [0.2, 0.25) is 0 Å². The summed E-state index contributed by atoms with van der Waals surface area (Å²) in [6.45, 7) is 4.04. The Balaban J connectivity index is 0. The number of ether oxygens (including phenoxy) is 1. The summed E-state index contributed by atoms with van der Waals surface area (Å²) < 4.78 is 4.30. The van der Waals surface area contributed by atoms with E-state index in [4.69, 9.17) is 9.90 Å². The molecule has 0 heterocycles. The lowest BCUT2D eigenvalue weighted by Crippen LogP contribution is -1.86. The van der Waals surface area contributed by atoms with Gasteiger partial charge in [0, 0.05) is 6.92 Å². The smallest absolute Gasteiger partial charge is 0.300 e. The van der Waals surface area contributed by atoms with E-state index < -0.39 is 5.97 Å². The van der Waals surface area contributed by atoms with Crippen molar-refractivity contribution in [3.05, 3.63) is 0 Å². The number of aliphatic carboxylic acids is 1. The van der Waals surface area contributed by atoms with Gasteiger partial charge >= 0.3 is 0 Å². The van der Waals surface area contributed by atoms with Gasteiger partial charge in [-0.05, 0) is 6.42 Å². The first-order chi connectivity index (χ1) is 4.65. The average Bonchev–Trinajstić information content (AvgIpc) is 1.82. The van der Waals surface area contributed by atoms with Gasteiger partial charge in [-0.2, -0.15) is 0 Å². The molecule has 4 heteroatoms. The third-order valence-corrected chi connectivity index (χ3v) is 0.390. The normalized spacial score (nSPS) is 7.00. The molecule has 0 atom stereocenters. The van der Waals surface area contributed by atoms with Crippen LogP contribution in [0.3, 0.4) is 0 Å². The maximum Gasteiger partial charge on any atom is 0.300 e. The van der Waals surface area contributed by atoms with Gasteiger partial charge in [0.15, 0.2) is 0 Å². The van der Waals surface area contributed by atoms with Crippen molar-refractivity contribution in [2.45, 2.75) is 20.3 Å².